The van der Waals surface area contributed by atoms with Gasteiger partial charge < -0.3 is 5.32 Å². The minimum Gasteiger partial charge on any atom is -0.310 e. The topological polar surface area (TPSA) is 15.3 Å². The minimum atomic E-state index is 0.493. The third kappa shape index (κ3) is 3.30. The van der Waals surface area contributed by atoms with E-state index in [2.05, 4.69) is 28.9 Å². The smallest absolute Gasteiger partial charge is 0.0308 e. The summed E-state index contributed by atoms with van der Waals surface area (Å²) in [5, 5.41) is 4.85. The maximum Gasteiger partial charge on any atom is 0.0308 e. The van der Waals surface area contributed by atoms with Gasteiger partial charge in [-0.1, -0.05) is 19.8 Å². The Bertz CT molecular complexity index is 288. The average Bonchev–Trinajstić information content (AvgIpc) is 2.98. The van der Waals surface area contributed by atoms with Gasteiger partial charge in [0.25, 0.3) is 0 Å². The van der Waals surface area contributed by atoms with Crippen LogP contribution in [0.25, 0.3) is 0 Å². The Balaban J connectivity index is 1.60. The molecule has 3 fully saturated rings. The summed E-state index contributed by atoms with van der Waals surface area (Å²) in [6.45, 7) is 6.22. The molecule has 3 heteroatoms. The van der Waals surface area contributed by atoms with Crippen LogP contribution in [0.3, 0.4) is 0 Å². The molecule has 1 saturated heterocycles. The lowest BCUT2D eigenvalue weighted by Crippen LogP contribution is -2.51. The van der Waals surface area contributed by atoms with E-state index in [1.165, 1.54) is 76.8 Å². The molecule has 0 aromatic carbocycles. The molecule has 0 bridgehead atoms. The van der Waals surface area contributed by atoms with Gasteiger partial charge >= 0.3 is 0 Å². The van der Waals surface area contributed by atoms with Gasteiger partial charge in [0, 0.05) is 23.4 Å². The van der Waals surface area contributed by atoms with E-state index < -0.39 is 0 Å². The molecule has 1 heterocycles. The van der Waals surface area contributed by atoms with Gasteiger partial charge in [0.2, 0.25) is 0 Å². The van der Waals surface area contributed by atoms with Crippen molar-refractivity contribution in [3.05, 3.63) is 0 Å². The Morgan fingerprint density at radius 3 is 2.84 bits per heavy atom. The predicted octanol–water partition coefficient (Wildman–Crippen LogP) is 3.27. The van der Waals surface area contributed by atoms with Crippen LogP contribution in [0.1, 0.15) is 58.3 Å². The molecule has 1 aliphatic heterocycles. The largest absolute Gasteiger partial charge is 0.310 e. The van der Waals surface area contributed by atoms with Crippen LogP contribution in [0.4, 0.5) is 0 Å². The van der Waals surface area contributed by atoms with Gasteiger partial charge in [-0.3, -0.25) is 4.90 Å². The minimum absolute atomic E-state index is 0.493. The summed E-state index contributed by atoms with van der Waals surface area (Å²) >= 11 is 2.19. The third-order valence-electron chi connectivity index (χ3n) is 5.46. The van der Waals surface area contributed by atoms with Crippen molar-refractivity contribution in [2.75, 3.05) is 25.4 Å². The number of hydrogen-bond acceptors (Lipinski definition) is 3. The highest BCUT2D eigenvalue weighted by Crippen LogP contribution is 2.37. The molecule has 1 spiro atoms. The normalized spacial score (nSPS) is 35.8. The zero-order valence-electron chi connectivity index (χ0n) is 12.5. The molecule has 3 rings (SSSR count). The van der Waals surface area contributed by atoms with Gasteiger partial charge in [-0.05, 0) is 57.4 Å². The average molecular weight is 282 g/mol. The Kier molecular flexibility index (Phi) is 4.76. The van der Waals surface area contributed by atoms with Crippen LogP contribution in [0.2, 0.25) is 0 Å². The molecule has 3 aliphatic rings. The molecule has 0 aromatic rings. The molecule has 2 unspecified atom stereocenters. The molecule has 110 valence electrons. The molecule has 19 heavy (non-hydrogen) atoms. The summed E-state index contributed by atoms with van der Waals surface area (Å²) in [5.41, 5.74) is 0.493. The zero-order valence-corrected chi connectivity index (χ0v) is 13.3. The van der Waals surface area contributed by atoms with Crippen molar-refractivity contribution in [2.24, 2.45) is 0 Å². The van der Waals surface area contributed by atoms with E-state index in [-0.39, 0.29) is 0 Å². The SMILES string of the molecule is CCSC1CCC(N2CCCNC3(CCCC3)C2)C1. The van der Waals surface area contributed by atoms with Gasteiger partial charge in [-0.2, -0.15) is 11.8 Å². The van der Waals surface area contributed by atoms with E-state index >= 15 is 0 Å². The molecule has 2 saturated carbocycles. The first-order valence-electron chi connectivity index (χ1n) is 8.42. The predicted molar refractivity (Wildman–Crippen MR) is 85.0 cm³/mol. The summed E-state index contributed by atoms with van der Waals surface area (Å²) in [5.74, 6) is 1.29. The second-order valence-corrected chi connectivity index (χ2v) is 8.36. The zero-order chi connectivity index (χ0) is 13.1. The number of nitrogens with one attached hydrogen (secondary N) is 1. The van der Waals surface area contributed by atoms with Crippen LogP contribution in [0.5, 0.6) is 0 Å². The second kappa shape index (κ2) is 6.36. The number of nitrogens with zero attached hydrogens (tertiary/aromatic N) is 1. The van der Waals surface area contributed by atoms with Crippen molar-refractivity contribution >= 4 is 11.8 Å². The van der Waals surface area contributed by atoms with Crippen molar-refractivity contribution in [2.45, 2.75) is 75.1 Å². The maximum absolute atomic E-state index is 3.90. The van der Waals surface area contributed by atoms with E-state index in [4.69, 9.17) is 0 Å². The first kappa shape index (κ1) is 14.2. The fraction of sp³-hybridized carbons (Fsp3) is 1.00. The Labute approximate surface area is 123 Å². The van der Waals surface area contributed by atoms with E-state index in [1.807, 2.05) is 0 Å². The lowest BCUT2D eigenvalue weighted by Gasteiger charge is -2.36. The standard InChI is InChI=1S/C16H30N2S/c1-2-19-15-7-6-14(12-15)18-11-5-10-17-16(13-18)8-3-4-9-16/h14-15,17H,2-13H2,1H3. The van der Waals surface area contributed by atoms with Crippen LogP contribution in [-0.4, -0.2) is 47.1 Å². The highest BCUT2D eigenvalue weighted by molar-refractivity contribution is 7.99. The van der Waals surface area contributed by atoms with Crippen LogP contribution in [0, 0.1) is 0 Å². The highest BCUT2D eigenvalue weighted by Gasteiger charge is 2.39. The van der Waals surface area contributed by atoms with Crippen molar-refractivity contribution in [3.8, 4) is 0 Å². The van der Waals surface area contributed by atoms with Gasteiger partial charge in [0.05, 0.1) is 0 Å². The van der Waals surface area contributed by atoms with Gasteiger partial charge in [-0.25, -0.2) is 0 Å². The first-order valence-corrected chi connectivity index (χ1v) is 9.47. The molecule has 2 atom stereocenters. The maximum atomic E-state index is 3.90. The first-order chi connectivity index (χ1) is 9.31. The molecule has 2 nitrogen and oxygen atoms in total. The molecule has 0 amide bonds. The summed E-state index contributed by atoms with van der Waals surface area (Å²) < 4.78 is 0. The van der Waals surface area contributed by atoms with Crippen molar-refractivity contribution in [3.63, 3.8) is 0 Å². The van der Waals surface area contributed by atoms with Crippen molar-refractivity contribution < 1.29 is 0 Å². The summed E-state index contributed by atoms with van der Waals surface area (Å²) in [6.07, 6.45) is 11.4. The molecule has 1 N–H and O–H groups in total. The summed E-state index contributed by atoms with van der Waals surface area (Å²) in [4.78, 5) is 2.86. The van der Waals surface area contributed by atoms with Gasteiger partial charge in [-0.15, -0.1) is 0 Å². The Morgan fingerprint density at radius 1 is 1.21 bits per heavy atom. The molecule has 0 radical (unpaired) electrons. The van der Waals surface area contributed by atoms with Crippen molar-refractivity contribution in [1.29, 1.82) is 0 Å². The Hall–Kier alpha value is 0.270. The number of rotatable bonds is 3. The number of hydrogen-bond donors (Lipinski definition) is 1. The monoisotopic (exact) mass is 282 g/mol. The number of thioether (sulfide) groups is 1. The molecular weight excluding hydrogens is 252 g/mol. The Morgan fingerprint density at radius 2 is 2.05 bits per heavy atom. The van der Waals surface area contributed by atoms with Crippen LogP contribution < -0.4 is 5.32 Å². The fourth-order valence-corrected chi connectivity index (χ4v) is 5.63. The lowest BCUT2D eigenvalue weighted by molar-refractivity contribution is 0.158. The second-order valence-electron chi connectivity index (χ2n) is 6.78. The van der Waals surface area contributed by atoms with Crippen LogP contribution >= 0.6 is 11.8 Å². The van der Waals surface area contributed by atoms with Crippen LogP contribution in [-0.2, 0) is 0 Å². The van der Waals surface area contributed by atoms with E-state index in [0.29, 0.717) is 5.54 Å². The summed E-state index contributed by atoms with van der Waals surface area (Å²) in [6, 6.07) is 0.890. The van der Waals surface area contributed by atoms with Crippen LogP contribution in [0.15, 0.2) is 0 Å². The van der Waals surface area contributed by atoms with Gasteiger partial charge in [0.15, 0.2) is 0 Å². The lowest BCUT2D eigenvalue weighted by atomic mass is 9.96. The third-order valence-corrected chi connectivity index (χ3v) is 6.70. The van der Waals surface area contributed by atoms with E-state index in [1.54, 1.807) is 0 Å². The van der Waals surface area contributed by atoms with E-state index in [0.717, 1.165) is 11.3 Å². The van der Waals surface area contributed by atoms with Gasteiger partial charge in [0.1, 0.15) is 0 Å². The highest BCUT2D eigenvalue weighted by atomic mass is 32.2. The summed E-state index contributed by atoms with van der Waals surface area (Å²) in [7, 11) is 0. The van der Waals surface area contributed by atoms with E-state index in [9.17, 15) is 0 Å². The molecular formula is C16H30N2S. The van der Waals surface area contributed by atoms with Crippen molar-refractivity contribution in [1.82, 2.24) is 10.2 Å². The molecule has 2 aliphatic carbocycles. The quantitative estimate of drug-likeness (QED) is 0.855. The fourth-order valence-electron chi connectivity index (χ4n) is 4.49. The molecule has 0 aromatic heterocycles.